The fourth-order valence-electron chi connectivity index (χ4n) is 6.13. The van der Waals surface area contributed by atoms with Crippen LogP contribution in [0, 0.1) is 19.8 Å². The summed E-state index contributed by atoms with van der Waals surface area (Å²) < 4.78 is 16.1. The van der Waals surface area contributed by atoms with Crippen LogP contribution in [0.5, 0.6) is 0 Å². The van der Waals surface area contributed by atoms with Crippen molar-refractivity contribution >= 4 is 34.8 Å². The normalized spacial score (nSPS) is 20.9. The van der Waals surface area contributed by atoms with Crippen LogP contribution < -0.4 is 4.72 Å². The molecule has 8 nitrogen and oxygen atoms in total. The topological polar surface area (TPSA) is 105 Å². The number of hydrogen-bond donors (Lipinski definition) is 2. The lowest BCUT2D eigenvalue weighted by Gasteiger charge is -2.24. The Bertz CT molecular complexity index is 1600. The van der Waals surface area contributed by atoms with E-state index in [0.29, 0.717) is 29.2 Å². The van der Waals surface area contributed by atoms with E-state index in [1.807, 2.05) is 50.2 Å². The maximum atomic E-state index is 13.5. The number of hydrogen-bond acceptors (Lipinski definition) is 7. The Morgan fingerprint density at radius 1 is 1.02 bits per heavy atom. The first-order valence-corrected chi connectivity index (χ1v) is 15.4. The molecule has 2 aliphatic rings. The summed E-state index contributed by atoms with van der Waals surface area (Å²) in [5, 5.41) is 11.6. The molecule has 0 radical (unpaired) electrons. The number of aliphatic hydroxyl groups is 1. The molecule has 3 aromatic carbocycles. The van der Waals surface area contributed by atoms with Crippen LogP contribution in [0.1, 0.15) is 27.0 Å². The SMILES string of the molecule is Cc1cccc(C)c1-c1cc(Cl)nc(N[S+]([O-])c2cccc(C(=O)N3CC4CN(Cc5ccccc5)CC4(O)C3)c2)n1. The Labute approximate surface area is 253 Å². The van der Waals surface area contributed by atoms with Gasteiger partial charge in [-0.1, -0.05) is 66.2 Å². The summed E-state index contributed by atoms with van der Waals surface area (Å²) in [6.07, 6.45) is 0. The van der Waals surface area contributed by atoms with Crippen molar-refractivity contribution in [3.05, 3.63) is 106 Å². The van der Waals surface area contributed by atoms with Crippen LogP contribution in [0.3, 0.4) is 0 Å². The van der Waals surface area contributed by atoms with E-state index in [4.69, 9.17) is 11.6 Å². The lowest BCUT2D eigenvalue weighted by molar-refractivity contribution is 0.0325. The number of carbonyl (C=O) groups excluding carboxylic acids is 1. The number of aromatic nitrogens is 2. The van der Waals surface area contributed by atoms with Gasteiger partial charge in [-0.25, -0.2) is 4.98 Å². The Balaban J connectivity index is 1.13. The summed E-state index contributed by atoms with van der Waals surface area (Å²) >= 11 is 4.57. The van der Waals surface area contributed by atoms with Gasteiger partial charge in [-0.05, 0) is 42.7 Å². The number of β-amino-alcohol motifs (C(OH)–C–C–N with tert-alkyl or cyclic N) is 1. The maximum absolute atomic E-state index is 13.5. The second kappa shape index (κ2) is 11.7. The van der Waals surface area contributed by atoms with Gasteiger partial charge in [0.15, 0.2) is 4.90 Å². The average molecular weight is 602 g/mol. The minimum absolute atomic E-state index is 0.0183. The third-order valence-electron chi connectivity index (χ3n) is 8.09. The van der Waals surface area contributed by atoms with Gasteiger partial charge in [0.05, 0.1) is 12.2 Å². The van der Waals surface area contributed by atoms with Gasteiger partial charge in [0, 0.05) is 55.4 Å². The van der Waals surface area contributed by atoms with Crippen molar-refractivity contribution in [2.75, 3.05) is 30.9 Å². The van der Waals surface area contributed by atoms with Crippen molar-refractivity contribution < 1.29 is 14.5 Å². The summed E-state index contributed by atoms with van der Waals surface area (Å²) in [6, 6.07) is 24.6. The Morgan fingerprint density at radius 2 is 1.76 bits per heavy atom. The summed E-state index contributed by atoms with van der Waals surface area (Å²) in [7, 11) is 0. The average Bonchev–Trinajstić information content (AvgIpc) is 3.43. The van der Waals surface area contributed by atoms with Gasteiger partial charge in [0.2, 0.25) is 0 Å². The molecule has 10 heteroatoms. The minimum atomic E-state index is -1.74. The van der Waals surface area contributed by atoms with E-state index >= 15 is 0 Å². The van der Waals surface area contributed by atoms with Gasteiger partial charge in [-0.15, -0.1) is 0 Å². The van der Waals surface area contributed by atoms with Crippen LogP contribution in [0.2, 0.25) is 5.15 Å². The minimum Gasteiger partial charge on any atom is -0.588 e. The van der Waals surface area contributed by atoms with E-state index in [1.165, 1.54) is 5.56 Å². The maximum Gasteiger partial charge on any atom is 0.267 e. The van der Waals surface area contributed by atoms with Crippen LogP contribution in [-0.4, -0.2) is 67.1 Å². The second-order valence-electron chi connectivity index (χ2n) is 11.2. The third kappa shape index (κ3) is 5.88. The number of fused-ring (bicyclic) bond motifs is 1. The molecule has 2 fully saturated rings. The number of rotatable bonds is 7. The first-order valence-electron chi connectivity index (χ1n) is 13.9. The Hall–Kier alpha value is -3.47. The smallest absolute Gasteiger partial charge is 0.267 e. The number of carbonyl (C=O) groups is 1. The van der Waals surface area contributed by atoms with Crippen molar-refractivity contribution in [1.82, 2.24) is 19.8 Å². The molecule has 2 N–H and O–H groups in total. The third-order valence-corrected chi connectivity index (χ3v) is 9.33. The van der Waals surface area contributed by atoms with Crippen LogP contribution in [0.4, 0.5) is 5.95 Å². The predicted octanol–water partition coefficient (Wildman–Crippen LogP) is 4.87. The van der Waals surface area contributed by atoms with Crippen molar-refractivity contribution in [1.29, 1.82) is 0 Å². The first kappa shape index (κ1) is 28.6. The van der Waals surface area contributed by atoms with Crippen LogP contribution in [-0.2, 0) is 17.9 Å². The number of likely N-dealkylation sites (tertiary alicyclic amines) is 2. The highest BCUT2D eigenvalue weighted by molar-refractivity contribution is 7.92. The summed E-state index contributed by atoms with van der Waals surface area (Å²) in [6.45, 7) is 6.77. The number of nitrogens with zero attached hydrogens (tertiary/aromatic N) is 4. The predicted molar refractivity (Wildman–Crippen MR) is 164 cm³/mol. The molecule has 1 amide bonds. The Morgan fingerprint density at radius 3 is 2.50 bits per heavy atom. The molecule has 2 saturated heterocycles. The van der Waals surface area contributed by atoms with E-state index in [1.54, 1.807) is 35.2 Å². The molecule has 0 bridgehead atoms. The highest BCUT2D eigenvalue weighted by atomic mass is 35.5. The molecule has 216 valence electrons. The number of aryl methyl sites for hydroxylation is 2. The zero-order valence-corrected chi connectivity index (χ0v) is 25.0. The molecule has 0 spiro atoms. The van der Waals surface area contributed by atoms with Gasteiger partial charge in [-0.2, -0.15) is 9.71 Å². The molecule has 3 atom stereocenters. The van der Waals surface area contributed by atoms with Crippen molar-refractivity contribution in [3.8, 4) is 11.3 Å². The molecule has 0 aliphatic carbocycles. The highest BCUT2D eigenvalue weighted by Crippen LogP contribution is 2.36. The van der Waals surface area contributed by atoms with Gasteiger partial charge >= 0.3 is 0 Å². The largest absolute Gasteiger partial charge is 0.588 e. The number of nitrogens with one attached hydrogen (secondary N) is 1. The monoisotopic (exact) mass is 601 g/mol. The highest BCUT2D eigenvalue weighted by Gasteiger charge is 2.52. The van der Waals surface area contributed by atoms with E-state index in [2.05, 4.69) is 31.7 Å². The zero-order valence-electron chi connectivity index (χ0n) is 23.5. The standard InChI is InChI=1S/C32H32ClN5O3S/c1-21-8-6-9-22(2)29(21)27-15-28(33)35-31(34-27)36-42(41)26-13-7-12-24(14-26)30(39)38-18-25-17-37(19-32(25,40)20-38)16-23-10-4-3-5-11-23/h3-15,25,40H,16-20H2,1-2H3,(H,34,35,36). The van der Waals surface area contributed by atoms with E-state index in [9.17, 15) is 14.5 Å². The molecule has 2 aliphatic heterocycles. The van der Waals surface area contributed by atoms with Crippen LogP contribution in [0.15, 0.2) is 83.8 Å². The fourth-order valence-corrected chi connectivity index (χ4v) is 7.12. The summed E-state index contributed by atoms with van der Waals surface area (Å²) in [5.41, 5.74) is 4.35. The van der Waals surface area contributed by atoms with Gasteiger partial charge in [0.1, 0.15) is 22.1 Å². The molecule has 3 heterocycles. The molecule has 6 rings (SSSR count). The van der Waals surface area contributed by atoms with E-state index in [0.717, 1.165) is 29.8 Å². The number of benzene rings is 3. The lowest BCUT2D eigenvalue weighted by Crippen LogP contribution is -2.41. The van der Waals surface area contributed by atoms with Gasteiger partial charge in [0.25, 0.3) is 11.9 Å². The van der Waals surface area contributed by atoms with Crippen LogP contribution >= 0.6 is 11.6 Å². The number of amides is 1. The van der Waals surface area contributed by atoms with E-state index < -0.39 is 17.0 Å². The van der Waals surface area contributed by atoms with Crippen LogP contribution in [0.25, 0.3) is 11.3 Å². The lowest BCUT2D eigenvalue weighted by atomic mass is 9.95. The zero-order chi connectivity index (χ0) is 29.4. The second-order valence-corrected chi connectivity index (χ2v) is 12.8. The number of anilines is 1. The van der Waals surface area contributed by atoms with Gasteiger partial charge in [-0.3, -0.25) is 9.69 Å². The molecule has 1 aromatic heterocycles. The van der Waals surface area contributed by atoms with Gasteiger partial charge < -0.3 is 14.6 Å². The Kier molecular flexibility index (Phi) is 7.95. The molecule has 0 saturated carbocycles. The van der Waals surface area contributed by atoms with Crippen molar-refractivity contribution in [3.63, 3.8) is 0 Å². The molecule has 42 heavy (non-hydrogen) atoms. The molecule has 4 aromatic rings. The molecule has 3 unspecified atom stereocenters. The summed E-state index contributed by atoms with van der Waals surface area (Å²) in [4.78, 5) is 26.6. The van der Waals surface area contributed by atoms with Crippen molar-refractivity contribution in [2.24, 2.45) is 5.92 Å². The first-order chi connectivity index (χ1) is 20.2. The molecular weight excluding hydrogens is 570 g/mol. The number of halogens is 1. The molecular formula is C32H32ClN5O3S. The van der Waals surface area contributed by atoms with E-state index in [-0.39, 0.29) is 29.5 Å². The van der Waals surface area contributed by atoms with Crippen molar-refractivity contribution in [2.45, 2.75) is 30.9 Å². The fraction of sp³-hybridized carbons (Fsp3) is 0.281. The quantitative estimate of drug-likeness (QED) is 0.230. The summed E-state index contributed by atoms with van der Waals surface area (Å²) in [5.74, 6) is -0.0809.